The Bertz CT molecular complexity index is 2060. The predicted octanol–water partition coefficient (Wildman–Crippen LogP) is 5.94. The van der Waals surface area contributed by atoms with Gasteiger partial charge < -0.3 is 30.5 Å². The summed E-state index contributed by atoms with van der Waals surface area (Å²) in [5.74, 6) is -2.36. The SMILES string of the molecule is CC1CN(c2ccc(-c3ccc(C[C@H](N)C(=O)N(C(=O)C4CCC(CNC(=O)OC(C)(C)C)CC4)c4ccc(-c5nn[nH]n5)cc4)cc3)cn2)CC(C)O1.O=C(O)C(F)(F)F. The monoisotopic (exact) mass is 851 g/mol. The zero-order chi connectivity index (χ0) is 44.5. The Labute approximate surface area is 351 Å². The Kier molecular flexibility index (Phi) is 15.2. The van der Waals surface area contributed by atoms with Gasteiger partial charge in [-0.15, -0.1) is 10.2 Å². The summed E-state index contributed by atoms with van der Waals surface area (Å²) in [6.45, 7) is 11.7. The number of morpholine rings is 1. The van der Waals surface area contributed by atoms with E-state index in [0.29, 0.717) is 36.5 Å². The molecule has 3 atom stereocenters. The number of hydrogen-bond donors (Lipinski definition) is 4. The highest BCUT2D eigenvalue weighted by atomic mass is 19.4. The lowest BCUT2D eigenvalue weighted by Gasteiger charge is -2.36. The summed E-state index contributed by atoms with van der Waals surface area (Å²) < 4.78 is 43.0. The first-order chi connectivity index (χ1) is 28.8. The third-order valence-corrected chi connectivity index (χ3v) is 10.1. The molecule has 2 fully saturated rings. The third kappa shape index (κ3) is 13.3. The van der Waals surface area contributed by atoms with E-state index in [2.05, 4.69) is 50.8 Å². The smallest absolute Gasteiger partial charge is 0.475 e. The Balaban J connectivity index is 0.000000925. The molecule has 61 heavy (non-hydrogen) atoms. The molecule has 2 aromatic heterocycles. The number of pyridine rings is 1. The second kappa shape index (κ2) is 20.1. The van der Waals surface area contributed by atoms with Crippen LogP contribution in [0.2, 0.25) is 0 Å². The number of hydrogen-bond acceptors (Lipinski definition) is 12. The largest absolute Gasteiger partial charge is 0.490 e. The summed E-state index contributed by atoms with van der Waals surface area (Å²) in [5.41, 5.74) is 9.98. The first-order valence-corrected chi connectivity index (χ1v) is 20.0. The molecule has 0 radical (unpaired) electrons. The Morgan fingerprint density at radius 2 is 1.52 bits per heavy atom. The first kappa shape index (κ1) is 46.1. The highest BCUT2D eigenvalue weighted by Crippen LogP contribution is 2.32. The maximum absolute atomic E-state index is 14.2. The normalized spacial score (nSPS) is 19.8. The highest BCUT2D eigenvalue weighted by molar-refractivity contribution is 6.17. The van der Waals surface area contributed by atoms with E-state index in [1.54, 1.807) is 24.3 Å². The van der Waals surface area contributed by atoms with Crippen molar-refractivity contribution in [3.63, 3.8) is 0 Å². The lowest BCUT2D eigenvalue weighted by molar-refractivity contribution is -0.192. The predicted molar refractivity (Wildman–Crippen MR) is 219 cm³/mol. The molecule has 16 nitrogen and oxygen atoms in total. The fourth-order valence-corrected chi connectivity index (χ4v) is 7.19. The molecule has 1 saturated carbocycles. The molecule has 5 N–H and O–H groups in total. The topological polar surface area (TPSA) is 219 Å². The first-order valence-electron chi connectivity index (χ1n) is 20.0. The number of carboxylic acids is 1. The fraction of sp³-hybridized carbons (Fsp3) is 0.476. The van der Waals surface area contributed by atoms with E-state index in [4.69, 9.17) is 30.1 Å². The average molecular weight is 852 g/mol. The van der Waals surface area contributed by atoms with Crippen LogP contribution in [0.4, 0.5) is 29.5 Å². The minimum atomic E-state index is -5.08. The zero-order valence-electron chi connectivity index (χ0n) is 34.7. The van der Waals surface area contributed by atoms with Crippen molar-refractivity contribution in [2.45, 2.75) is 96.7 Å². The fourth-order valence-electron chi connectivity index (χ4n) is 7.19. The number of carbonyl (C=O) groups excluding carboxylic acids is 3. The van der Waals surface area contributed by atoms with Crippen LogP contribution in [0, 0.1) is 11.8 Å². The van der Waals surface area contributed by atoms with Crippen molar-refractivity contribution in [3.05, 3.63) is 72.4 Å². The molecular weight excluding hydrogens is 800 g/mol. The summed E-state index contributed by atoms with van der Waals surface area (Å²) in [6, 6.07) is 18.0. The molecule has 1 aliphatic heterocycles. The maximum Gasteiger partial charge on any atom is 0.490 e. The number of imide groups is 1. The second-order valence-electron chi connectivity index (χ2n) is 16.3. The minimum Gasteiger partial charge on any atom is -0.475 e. The molecule has 1 saturated heterocycles. The molecule has 0 bridgehead atoms. The van der Waals surface area contributed by atoms with Crippen LogP contribution in [-0.4, -0.2) is 104 Å². The van der Waals surface area contributed by atoms with E-state index in [1.807, 2.05) is 57.3 Å². The number of aromatic amines is 1. The number of nitrogens with one attached hydrogen (secondary N) is 2. The van der Waals surface area contributed by atoms with Crippen molar-refractivity contribution in [1.82, 2.24) is 30.9 Å². The number of benzene rings is 2. The number of aromatic nitrogens is 5. The molecule has 4 aromatic rings. The van der Waals surface area contributed by atoms with Crippen molar-refractivity contribution >= 4 is 35.4 Å². The van der Waals surface area contributed by atoms with Crippen LogP contribution in [0.15, 0.2) is 66.9 Å². The summed E-state index contributed by atoms with van der Waals surface area (Å²) in [4.78, 5) is 57.7. The van der Waals surface area contributed by atoms with Crippen LogP contribution >= 0.6 is 0 Å². The number of tetrazole rings is 1. The lowest BCUT2D eigenvalue weighted by Crippen LogP contribution is -2.50. The average Bonchev–Trinajstić information content (AvgIpc) is 3.75. The van der Waals surface area contributed by atoms with Gasteiger partial charge in [0.1, 0.15) is 11.4 Å². The van der Waals surface area contributed by atoms with Gasteiger partial charge in [-0.1, -0.05) is 24.3 Å². The minimum absolute atomic E-state index is 0.149. The number of H-pyrrole nitrogens is 1. The number of carboxylic acid groups (broad SMARTS) is 1. The van der Waals surface area contributed by atoms with Crippen LogP contribution < -0.4 is 20.9 Å². The lowest BCUT2D eigenvalue weighted by atomic mass is 9.81. The number of nitrogens with zero attached hydrogens (tertiary/aromatic N) is 6. The summed E-state index contributed by atoms with van der Waals surface area (Å²) in [7, 11) is 0. The van der Waals surface area contributed by atoms with E-state index >= 15 is 0 Å². The van der Waals surface area contributed by atoms with Crippen LogP contribution in [0.3, 0.4) is 0 Å². The standard InChI is InChI=1S/C40H51N9O5.C2HF3O2/c1-25-23-48(24-26(2)53-25)35-19-16-32(22-42-35)29-10-6-27(7-11-29)20-34(41)38(51)49(33-17-14-30(15-18-33)36-44-46-47-45-36)37(50)31-12-8-28(9-13-31)21-43-39(52)54-40(3,4)5;3-2(4,5)1(6)7/h6-7,10-11,14-19,22,25-26,28,31,34H,8-9,12-13,20-21,23-24,41H2,1-5H3,(H,43,52)(H,44,45,46,47);(H,6,7)/t25?,26?,28?,31?,34-;/m0./s1. The molecule has 2 aromatic carbocycles. The van der Waals surface area contributed by atoms with Crippen LogP contribution in [0.1, 0.15) is 65.9 Å². The maximum atomic E-state index is 14.2. The number of alkyl halides is 3. The van der Waals surface area contributed by atoms with Gasteiger partial charge in [-0.3, -0.25) is 9.59 Å². The molecule has 19 heteroatoms. The second-order valence-corrected chi connectivity index (χ2v) is 16.3. The van der Waals surface area contributed by atoms with Crippen molar-refractivity contribution in [2.24, 2.45) is 17.6 Å². The number of rotatable bonds is 10. The summed E-state index contributed by atoms with van der Waals surface area (Å²) in [6.07, 6.45) is -0.486. The number of ether oxygens (including phenoxy) is 2. The molecule has 6 rings (SSSR count). The van der Waals surface area contributed by atoms with E-state index < -0.39 is 35.8 Å². The number of halogens is 3. The van der Waals surface area contributed by atoms with Gasteiger partial charge in [0.15, 0.2) is 0 Å². The molecular formula is C42H52F3N9O7. The zero-order valence-corrected chi connectivity index (χ0v) is 34.7. The van der Waals surface area contributed by atoms with Gasteiger partial charge in [0.25, 0.3) is 5.91 Å². The number of anilines is 2. The summed E-state index contributed by atoms with van der Waals surface area (Å²) in [5, 5.41) is 24.1. The van der Waals surface area contributed by atoms with E-state index in [0.717, 1.165) is 48.4 Å². The van der Waals surface area contributed by atoms with Gasteiger partial charge in [0.05, 0.1) is 23.9 Å². The van der Waals surface area contributed by atoms with E-state index in [-0.39, 0.29) is 36.4 Å². The quantitative estimate of drug-likeness (QED) is 0.146. The Hall–Kier alpha value is -5.95. The molecule has 2 aliphatic rings. The van der Waals surface area contributed by atoms with Gasteiger partial charge >= 0.3 is 18.2 Å². The van der Waals surface area contributed by atoms with Gasteiger partial charge in [-0.2, -0.15) is 18.4 Å². The number of aliphatic carboxylic acids is 1. The molecule has 1 aliphatic carbocycles. The van der Waals surface area contributed by atoms with Gasteiger partial charge in [-0.05, 0) is 125 Å². The van der Waals surface area contributed by atoms with E-state index in [9.17, 15) is 27.6 Å². The highest BCUT2D eigenvalue weighted by Gasteiger charge is 2.38. The molecule has 0 spiro atoms. The van der Waals surface area contributed by atoms with Gasteiger partial charge in [0, 0.05) is 42.9 Å². The number of carbonyl (C=O) groups is 4. The van der Waals surface area contributed by atoms with Crippen LogP contribution in [-0.2, 0) is 30.3 Å². The van der Waals surface area contributed by atoms with Crippen molar-refractivity contribution < 1.29 is 46.9 Å². The molecule has 3 heterocycles. The Morgan fingerprint density at radius 1 is 0.934 bits per heavy atom. The molecule has 328 valence electrons. The number of alkyl carbamates (subject to hydrolysis) is 1. The van der Waals surface area contributed by atoms with Crippen molar-refractivity contribution in [2.75, 3.05) is 29.4 Å². The molecule has 2 unspecified atom stereocenters. The third-order valence-electron chi connectivity index (χ3n) is 10.1. The van der Waals surface area contributed by atoms with Crippen molar-refractivity contribution in [1.29, 1.82) is 0 Å². The summed E-state index contributed by atoms with van der Waals surface area (Å²) >= 11 is 0. The van der Waals surface area contributed by atoms with Crippen LogP contribution in [0.5, 0.6) is 0 Å². The van der Waals surface area contributed by atoms with Crippen LogP contribution in [0.25, 0.3) is 22.5 Å². The van der Waals surface area contributed by atoms with Gasteiger partial charge in [0.2, 0.25) is 11.7 Å². The van der Waals surface area contributed by atoms with E-state index in [1.165, 1.54) is 4.90 Å². The molecule has 3 amide bonds. The number of amides is 3. The number of nitrogens with two attached hydrogens (primary N) is 1. The Morgan fingerprint density at radius 3 is 2.05 bits per heavy atom. The van der Waals surface area contributed by atoms with Crippen molar-refractivity contribution in [3.8, 4) is 22.5 Å². The van der Waals surface area contributed by atoms with Gasteiger partial charge in [-0.25, -0.2) is 19.5 Å².